The molecule has 0 spiro atoms. The molecule has 214 valence electrons. The third-order valence-electron chi connectivity index (χ3n) is 8.57. The smallest absolute Gasteiger partial charge is 0.225 e. The van der Waals surface area contributed by atoms with Crippen molar-refractivity contribution in [3.05, 3.63) is 66.3 Å². The van der Waals surface area contributed by atoms with Crippen LogP contribution in [0.4, 0.5) is 5.95 Å². The first-order chi connectivity index (χ1) is 20.5. The first kappa shape index (κ1) is 26.3. The van der Waals surface area contributed by atoms with Gasteiger partial charge in [-0.25, -0.2) is 9.97 Å². The lowest BCUT2D eigenvalue weighted by Gasteiger charge is -2.32. The van der Waals surface area contributed by atoms with E-state index in [0.29, 0.717) is 40.6 Å². The number of nitrogens with zero attached hydrogens (tertiary/aromatic N) is 7. The van der Waals surface area contributed by atoms with Crippen molar-refractivity contribution in [2.24, 2.45) is 5.92 Å². The zero-order valence-electron chi connectivity index (χ0n) is 23.7. The summed E-state index contributed by atoms with van der Waals surface area (Å²) >= 11 is 0. The molecule has 1 N–H and O–H groups in total. The van der Waals surface area contributed by atoms with E-state index >= 15 is 0 Å². The molecule has 1 aliphatic heterocycles. The number of carbonyl (C=O) groups excluding carboxylic acids is 1. The summed E-state index contributed by atoms with van der Waals surface area (Å²) in [6.07, 6.45) is 8.77. The van der Waals surface area contributed by atoms with Gasteiger partial charge in [-0.3, -0.25) is 0 Å². The maximum atomic E-state index is 11.5. The van der Waals surface area contributed by atoms with Crippen LogP contribution in [0.25, 0.3) is 33.5 Å². The first-order valence-corrected chi connectivity index (χ1v) is 14.7. The minimum atomic E-state index is -0.322. The summed E-state index contributed by atoms with van der Waals surface area (Å²) < 4.78 is 7.92. The maximum Gasteiger partial charge on any atom is 0.225 e. The molecule has 7 rings (SSSR count). The molecule has 1 aromatic carbocycles. The number of phenols is 1. The average Bonchev–Trinajstić information content (AvgIpc) is 3.60. The lowest BCUT2D eigenvalue weighted by molar-refractivity contribution is -0.110. The lowest BCUT2D eigenvalue weighted by Crippen LogP contribution is -2.34. The molecule has 1 aliphatic carbocycles. The van der Waals surface area contributed by atoms with Crippen molar-refractivity contribution in [1.82, 2.24) is 29.9 Å². The highest BCUT2D eigenvalue weighted by Gasteiger charge is 2.32. The van der Waals surface area contributed by atoms with Crippen LogP contribution in [0, 0.1) is 5.92 Å². The summed E-state index contributed by atoms with van der Waals surface area (Å²) in [5, 5.41) is 23.5. The number of fused-ring (bicyclic) bond motifs is 1. The summed E-state index contributed by atoms with van der Waals surface area (Å²) in [5.41, 5.74) is 6.09. The topological polar surface area (TPSA) is 123 Å². The molecule has 0 bridgehead atoms. The van der Waals surface area contributed by atoms with Crippen molar-refractivity contribution < 1.29 is 14.4 Å². The van der Waals surface area contributed by atoms with E-state index in [1.165, 1.54) is 18.5 Å². The van der Waals surface area contributed by atoms with Gasteiger partial charge >= 0.3 is 0 Å². The number of phenolic OH excluding ortho intramolecular Hbond substituents is 1. The fourth-order valence-corrected chi connectivity index (χ4v) is 6.04. The number of rotatable bonds is 8. The molecule has 1 saturated heterocycles. The Bertz CT molecular complexity index is 1730. The summed E-state index contributed by atoms with van der Waals surface area (Å²) in [6.45, 7) is 5.68. The van der Waals surface area contributed by atoms with Crippen molar-refractivity contribution >= 4 is 23.3 Å². The maximum absolute atomic E-state index is 11.5. The van der Waals surface area contributed by atoms with Crippen molar-refractivity contribution in [1.29, 1.82) is 0 Å². The monoisotopic (exact) mass is 563 g/mol. The number of hydrogen-bond acceptors (Lipinski definition) is 9. The van der Waals surface area contributed by atoms with Crippen LogP contribution in [0.1, 0.15) is 68.9 Å². The molecule has 1 unspecified atom stereocenters. The van der Waals surface area contributed by atoms with Gasteiger partial charge in [-0.15, -0.1) is 10.2 Å². The van der Waals surface area contributed by atoms with E-state index in [9.17, 15) is 9.90 Å². The fourth-order valence-electron chi connectivity index (χ4n) is 6.04. The predicted molar refractivity (Wildman–Crippen MR) is 158 cm³/mol. The largest absolute Gasteiger partial charge is 0.507 e. The second kappa shape index (κ2) is 10.7. The van der Waals surface area contributed by atoms with Crippen LogP contribution in [-0.2, 0) is 4.79 Å². The molecule has 10 heteroatoms. The average molecular weight is 564 g/mol. The Morgan fingerprint density at radius 1 is 0.976 bits per heavy atom. The number of carbonyl (C=O) groups is 1. The molecule has 0 radical (unpaired) electrons. The van der Waals surface area contributed by atoms with Crippen LogP contribution < -0.4 is 4.90 Å². The fraction of sp³-hybridized carbons (Fsp3) is 0.375. The summed E-state index contributed by atoms with van der Waals surface area (Å²) in [6, 6.07) is 13.8. The quantitative estimate of drug-likeness (QED) is 0.230. The van der Waals surface area contributed by atoms with Crippen LogP contribution in [0.5, 0.6) is 5.75 Å². The number of benzene rings is 1. The van der Waals surface area contributed by atoms with Gasteiger partial charge in [0.25, 0.3) is 0 Å². The third-order valence-corrected chi connectivity index (χ3v) is 8.57. The third kappa shape index (κ3) is 4.80. The Hall–Kier alpha value is -4.60. The van der Waals surface area contributed by atoms with E-state index in [-0.39, 0.29) is 17.6 Å². The van der Waals surface area contributed by atoms with Gasteiger partial charge < -0.3 is 23.9 Å². The summed E-state index contributed by atoms with van der Waals surface area (Å²) in [4.78, 5) is 23.0. The van der Waals surface area contributed by atoms with Crippen LogP contribution in [-0.4, -0.2) is 54.4 Å². The van der Waals surface area contributed by atoms with Gasteiger partial charge in [0.2, 0.25) is 5.95 Å². The molecular weight excluding hydrogens is 530 g/mol. The molecule has 1 saturated carbocycles. The molecule has 5 aromatic rings. The van der Waals surface area contributed by atoms with Gasteiger partial charge in [0.15, 0.2) is 0 Å². The zero-order chi connectivity index (χ0) is 28.8. The highest BCUT2D eigenvalue weighted by Crippen LogP contribution is 2.44. The minimum Gasteiger partial charge on any atom is -0.507 e. The van der Waals surface area contributed by atoms with Crippen LogP contribution in [0.3, 0.4) is 0 Å². The SMILES string of the molecule is CC(C)C(C=O)c1cc(-c2cnc(N3CCC(c4cc5nnc(-c6ccccc6O)cc5n4C4CC4)CC3)nc2)no1. The summed E-state index contributed by atoms with van der Waals surface area (Å²) in [5.74, 6) is 1.69. The molecular formula is C32H33N7O3. The zero-order valence-corrected chi connectivity index (χ0v) is 23.7. The lowest BCUT2D eigenvalue weighted by atomic mass is 9.93. The van der Waals surface area contributed by atoms with E-state index in [0.717, 1.165) is 48.8 Å². The highest BCUT2D eigenvalue weighted by molar-refractivity contribution is 5.82. The van der Waals surface area contributed by atoms with Crippen molar-refractivity contribution in [2.45, 2.75) is 57.4 Å². The van der Waals surface area contributed by atoms with Gasteiger partial charge in [-0.05, 0) is 55.9 Å². The van der Waals surface area contributed by atoms with Crippen LogP contribution >= 0.6 is 0 Å². The second-order valence-electron chi connectivity index (χ2n) is 11.7. The Morgan fingerprint density at radius 2 is 1.74 bits per heavy atom. The normalized spacial score (nSPS) is 16.8. The molecule has 10 nitrogen and oxygen atoms in total. The minimum absolute atomic E-state index is 0.129. The molecule has 5 heterocycles. The van der Waals surface area contributed by atoms with Gasteiger partial charge in [0.05, 0.1) is 17.1 Å². The number of para-hydroxylation sites is 1. The Labute approximate surface area is 243 Å². The Kier molecular flexibility index (Phi) is 6.68. The number of aromatic hydroxyl groups is 1. The molecule has 1 atom stereocenters. The number of anilines is 1. The number of piperidine rings is 1. The molecule has 42 heavy (non-hydrogen) atoms. The number of aldehydes is 1. The van der Waals surface area contributed by atoms with Crippen LogP contribution in [0.15, 0.2) is 59.4 Å². The van der Waals surface area contributed by atoms with E-state index in [4.69, 9.17) is 4.52 Å². The van der Waals surface area contributed by atoms with E-state index < -0.39 is 0 Å². The predicted octanol–water partition coefficient (Wildman–Crippen LogP) is 5.91. The number of aromatic nitrogens is 6. The van der Waals surface area contributed by atoms with E-state index in [2.05, 4.69) is 46.9 Å². The van der Waals surface area contributed by atoms with Crippen LogP contribution in [0.2, 0.25) is 0 Å². The molecule has 2 fully saturated rings. The standard InChI is InChI=1S/C32H33N7O3/c1-19(2)24(18-40)31-15-25(37-42-31)21-16-33-32(34-17-21)38-11-9-20(10-12-38)28-14-27-29(39(28)22-7-8-22)13-26(35-36-27)23-5-3-4-6-30(23)41/h3-6,13-20,22,24,41H,7-12H2,1-2H3. The van der Waals surface area contributed by atoms with Gasteiger partial charge in [-0.1, -0.05) is 31.1 Å². The van der Waals surface area contributed by atoms with Gasteiger partial charge in [-0.2, -0.15) is 0 Å². The number of hydrogen-bond donors (Lipinski definition) is 1. The van der Waals surface area contributed by atoms with Gasteiger partial charge in [0, 0.05) is 60.3 Å². The van der Waals surface area contributed by atoms with Gasteiger partial charge in [0.1, 0.15) is 29.0 Å². The molecule has 4 aromatic heterocycles. The second-order valence-corrected chi connectivity index (χ2v) is 11.7. The Morgan fingerprint density at radius 3 is 2.43 bits per heavy atom. The van der Waals surface area contributed by atoms with Crippen molar-refractivity contribution in [3.63, 3.8) is 0 Å². The van der Waals surface area contributed by atoms with Crippen molar-refractivity contribution in [3.8, 4) is 28.3 Å². The first-order valence-electron chi connectivity index (χ1n) is 14.7. The Balaban J connectivity index is 1.07. The van der Waals surface area contributed by atoms with Crippen molar-refractivity contribution in [2.75, 3.05) is 18.0 Å². The molecule has 0 amide bonds. The summed E-state index contributed by atoms with van der Waals surface area (Å²) in [7, 11) is 0. The van der Waals surface area contributed by atoms with E-state index in [1.807, 2.05) is 32.0 Å². The highest BCUT2D eigenvalue weighted by atomic mass is 16.5. The molecule has 2 aliphatic rings. The van der Waals surface area contributed by atoms with E-state index in [1.54, 1.807) is 24.5 Å².